The van der Waals surface area contributed by atoms with Crippen LogP contribution in [0.3, 0.4) is 0 Å². The molecule has 0 atom stereocenters. The van der Waals surface area contributed by atoms with E-state index < -0.39 is 0 Å². The first kappa shape index (κ1) is 11.0. The Kier molecular flexibility index (Phi) is 3.95. The van der Waals surface area contributed by atoms with Gasteiger partial charge >= 0.3 is 0 Å². The summed E-state index contributed by atoms with van der Waals surface area (Å²) < 4.78 is 0.881. The van der Waals surface area contributed by atoms with Gasteiger partial charge < -0.3 is 11.1 Å². The molecule has 0 spiro atoms. The molecule has 0 bridgehead atoms. The molecule has 3 N–H and O–H groups in total. The molecule has 0 aliphatic carbocycles. The van der Waals surface area contributed by atoms with Gasteiger partial charge in [0.2, 0.25) is 5.91 Å². The first-order valence-corrected chi connectivity index (χ1v) is 5.18. The lowest BCUT2D eigenvalue weighted by Crippen LogP contribution is -2.18. The lowest BCUT2D eigenvalue weighted by Gasteiger charge is -2.06. The van der Waals surface area contributed by atoms with Gasteiger partial charge in [-0.25, -0.2) is 0 Å². The highest BCUT2D eigenvalue weighted by atomic mass is 79.9. The predicted octanol–water partition coefficient (Wildman–Crippen LogP) is 1.71. The second-order valence-corrected chi connectivity index (χ2v) is 3.84. The van der Waals surface area contributed by atoms with Crippen LogP contribution < -0.4 is 11.1 Å². The lowest BCUT2D eigenvalue weighted by molar-refractivity contribution is -0.120. The number of nitrogen functional groups attached to an aromatic ring is 1. The molecule has 0 heterocycles. The van der Waals surface area contributed by atoms with Crippen LogP contribution in [0.1, 0.15) is 12.0 Å². The van der Waals surface area contributed by atoms with Gasteiger partial charge in [0.1, 0.15) is 0 Å². The standard InChI is InChI=1S/C10H13BrN2O/c1-13-9(14)6-5-7-3-2-4-8(11)10(7)12/h2-4H,5-6,12H2,1H3,(H,13,14). The molecule has 0 aromatic heterocycles. The second kappa shape index (κ2) is 5.00. The Morgan fingerprint density at radius 3 is 2.93 bits per heavy atom. The third-order valence-corrected chi connectivity index (χ3v) is 2.73. The Hall–Kier alpha value is -1.03. The van der Waals surface area contributed by atoms with Crippen molar-refractivity contribution in [3.05, 3.63) is 28.2 Å². The van der Waals surface area contributed by atoms with E-state index in [2.05, 4.69) is 21.2 Å². The Morgan fingerprint density at radius 1 is 1.57 bits per heavy atom. The number of carbonyl (C=O) groups excluding carboxylic acids is 1. The molecule has 1 aromatic carbocycles. The van der Waals surface area contributed by atoms with Gasteiger partial charge in [-0.1, -0.05) is 12.1 Å². The van der Waals surface area contributed by atoms with Crippen molar-refractivity contribution in [2.45, 2.75) is 12.8 Å². The first-order valence-electron chi connectivity index (χ1n) is 4.38. The molecular formula is C10H13BrN2O. The van der Waals surface area contributed by atoms with Crippen molar-refractivity contribution in [1.82, 2.24) is 5.32 Å². The Balaban J connectivity index is 2.68. The van der Waals surface area contributed by atoms with Crippen LogP contribution in [0.15, 0.2) is 22.7 Å². The monoisotopic (exact) mass is 256 g/mol. The lowest BCUT2D eigenvalue weighted by atomic mass is 10.1. The van der Waals surface area contributed by atoms with Crippen molar-refractivity contribution in [3.63, 3.8) is 0 Å². The van der Waals surface area contributed by atoms with E-state index in [9.17, 15) is 4.79 Å². The maximum Gasteiger partial charge on any atom is 0.220 e. The summed E-state index contributed by atoms with van der Waals surface area (Å²) in [5.41, 5.74) is 7.55. The van der Waals surface area contributed by atoms with Gasteiger partial charge in [0, 0.05) is 23.6 Å². The van der Waals surface area contributed by atoms with E-state index in [1.807, 2.05) is 18.2 Å². The number of rotatable bonds is 3. The van der Waals surface area contributed by atoms with E-state index in [-0.39, 0.29) is 5.91 Å². The molecule has 3 nitrogen and oxygen atoms in total. The number of aryl methyl sites for hydroxylation is 1. The number of anilines is 1. The van der Waals surface area contributed by atoms with Gasteiger partial charge in [-0.3, -0.25) is 4.79 Å². The SMILES string of the molecule is CNC(=O)CCc1cccc(Br)c1N. The first-order chi connectivity index (χ1) is 6.65. The fourth-order valence-corrected chi connectivity index (χ4v) is 1.58. The average Bonchev–Trinajstić information content (AvgIpc) is 2.20. The minimum atomic E-state index is 0.0318. The van der Waals surface area contributed by atoms with E-state index >= 15 is 0 Å². The number of amides is 1. The van der Waals surface area contributed by atoms with Gasteiger partial charge in [-0.2, -0.15) is 0 Å². The topological polar surface area (TPSA) is 55.1 Å². The summed E-state index contributed by atoms with van der Waals surface area (Å²) in [5.74, 6) is 0.0318. The largest absolute Gasteiger partial charge is 0.398 e. The maximum absolute atomic E-state index is 11.0. The molecular weight excluding hydrogens is 244 g/mol. The third kappa shape index (κ3) is 2.73. The summed E-state index contributed by atoms with van der Waals surface area (Å²) in [6, 6.07) is 5.74. The van der Waals surface area contributed by atoms with E-state index in [1.165, 1.54) is 0 Å². The summed E-state index contributed by atoms with van der Waals surface area (Å²) in [5, 5.41) is 2.58. The molecule has 0 aliphatic rings. The maximum atomic E-state index is 11.0. The summed E-state index contributed by atoms with van der Waals surface area (Å²) in [7, 11) is 1.63. The second-order valence-electron chi connectivity index (χ2n) is 2.99. The van der Waals surface area contributed by atoms with Crippen LogP contribution in [0.2, 0.25) is 0 Å². The highest BCUT2D eigenvalue weighted by Crippen LogP contribution is 2.23. The summed E-state index contributed by atoms with van der Waals surface area (Å²) >= 11 is 3.34. The van der Waals surface area contributed by atoms with Crippen LogP contribution in [0, 0.1) is 0 Å². The number of nitrogens with one attached hydrogen (secondary N) is 1. The van der Waals surface area contributed by atoms with E-state index in [1.54, 1.807) is 7.05 Å². The number of halogens is 1. The van der Waals surface area contributed by atoms with Crippen molar-refractivity contribution < 1.29 is 4.79 Å². The fourth-order valence-electron chi connectivity index (χ4n) is 1.17. The number of nitrogens with two attached hydrogens (primary N) is 1. The molecule has 0 fully saturated rings. The van der Waals surface area contributed by atoms with Gasteiger partial charge in [-0.05, 0) is 34.0 Å². The van der Waals surface area contributed by atoms with E-state index in [4.69, 9.17) is 5.73 Å². The number of benzene rings is 1. The van der Waals surface area contributed by atoms with Crippen LogP contribution in [0.5, 0.6) is 0 Å². The van der Waals surface area contributed by atoms with Crippen LogP contribution in [-0.4, -0.2) is 13.0 Å². The molecule has 76 valence electrons. The van der Waals surface area contributed by atoms with Crippen LogP contribution in [0.25, 0.3) is 0 Å². The number of hydrogen-bond acceptors (Lipinski definition) is 2. The molecule has 0 saturated heterocycles. The molecule has 14 heavy (non-hydrogen) atoms. The van der Waals surface area contributed by atoms with Gasteiger partial charge in [0.15, 0.2) is 0 Å². The predicted molar refractivity (Wildman–Crippen MR) is 60.9 cm³/mol. The highest BCUT2D eigenvalue weighted by Gasteiger charge is 2.04. The van der Waals surface area contributed by atoms with Gasteiger partial charge in [0.25, 0.3) is 0 Å². The van der Waals surface area contributed by atoms with E-state index in [0.29, 0.717) is 12.8 Å². The molecule has 0 unspecified atom stereocenters. The number of para-hydroxylation sites is 1. The number of hydrogen-bond donors (Lipinski definition) is 2. The molecule has 1 aromatic rings. The average molecular weight is 257 g/mol. The Labute approximate surface area is 91.8 Å². The van der Waals surface area contributed by atoms with Gasteiger partial charge in [0.05, 0.1) is 0 Å². The van der Waals surface area contributed by atoms with E-state index in [0.717, 1.165) is 15.7 Å². The Morgan fingerprint density at radius 2 is 2.29 bits per heavy atom. The smallest absolute Gasteiger partial charge is 0.220 e. The molecule has 0 aliphatic heterocycles. The minimum Gasteiger partial charge on any atom is -0.398 e. The highest BCUT2D eigenvalue weighted by molar-refractivity contribution is 9.10. The van der Waals surface area contributed by atoms with Crippen molar-refractivity contribution in [2.24, 2.45) is 0 Å². The molecule has 0 radical (unpaired) electrons. The van der Waals surface area contributed by atoms with Crippen molar-refractivity contribution in [1.29, 1.82) is 0 Å². The van der Waals surface area contributed by atoms with Crippen LogP contribution in [0.4, 0.5) is 5.69 Å². The van der Waals surface area contributed by atoms with Gasteiger partial charge in [-0.15, -0.1) is 0 Å². The third-order valence-electron chi connectivity index (χ3n) is 2.04. The Bertz CT molecular complexity index is 339. The quantitative estimate of drug-likeness (QED) is 0.810. The van der Waals surface area contributed by atoms with Crippen molar-refractivity contribution in [3.8, 4) is 0 Å². The molecule has 1 amide bonds. The molecule has 1 rings (SSSR count). The zero-order valence-electron chi connectivity index (χ0n) is 8.01. The zero-order chi connectivity index (χ0) is 10.6. The fraction of sp³-hybridized carbons (Fsp3) is 0.300. The number of carbonyl (C=O) groups is 1. The van der Waals surface area contributed by atoms with Crippen LogP contribution >= 0.6 is 15.9 Å². The van der Waals surface area contributed by atoms with Crippen molar-refractivity contribution in [2.75, 3.05) is 12.8 Å². The van der Waals surface area contributed by atoms with Crippen LogP contribution in [-0.2, 0) is 11.2 Å². The summed E-state index contributed by atoms with van der Waals surface area (Å²) in [6.45, 7) is 0. The molecule has 0 saturated carbocycles. The minimum absolute atomic E-state index is 0.0318. The zero-order valence-corrected chi connectivity index (χ0v) is 9.60. The summed E-state index contributed by atoms with van der Waals surface area (Å²) in [4.78, 5) is 11.0. The summed E-state index contributed by atoms with van der Waals surface area (Å²) in [6.07, 6.45) is 1.14. The van der Waals surface area contributed by atoms with Crippen molar-refractivity contribution >= 4 is 27.5 Å². The normalized spacial score (nSPS) is 9.86. The molecule has 4 heteroatoms.